The first kappa shape index (κ1) is 13.5. The maximum absolute atomic E-state index is 11.8. The molecule has 2 rings (SSSR count). The molecule has 102 valence electrons. The van der Waals surface area contributed by atoms with Gasteiger partial charge in [-0.25, -0.2) is 4.79 Å². The molecule has 0 saturated carbocycles. The Balaban J connectivity index is 1.99. The van der Waals surface area contributed by atoms with E-state index in [4.69, 9.17) is 4.74 Å². The Morgan fingerprint density at radius 1 is 1.05 bits per heavy atom. The number of carbonyl (C=O) groups excluding carboxylic acids is 1. The lowest BCUT2D eigenvalue weighted by atomic mass is 10.1. The van der Waals surface area contributed by atoms with Gasteiger partial charge >= 0.3 is 5.97 Å². The molecule has 0 aliphatic rings. The molecule has 6 nitrogen and oxygen atoms in total. The van der Waals surface area contributed by atoms with Crippen LogP contribution in [-0.2, 0) is 11.4 Å². The molecular weight excluding hydrogens is 262 g/mol. The molecule has 0 N–H and O–H groups in total. The molecule has 0 amide bonds. The van der Waals surface area contributed by atoms with E-state index in [1.165, 1.54) is 12.1 Å². The van der Waals surface area contributed by atoms with Gasteiger partial charge in [0.15, 0.2) is 0 Å². The summed E-state index contributed by atoms with van der Waals surface area (Å²) in [6.07, 6.45) is 0. The van der Waals surface area contributed by atoms with Gasteiger partial charge in [-0.2, -0.15) is 0 Å². The molecule has 0 bridgehead atoms. The number of rotatable bonds is 5. The Hall–Kier alpha value is -2.89. The first-order valence-corrected chi connectivity index (χ1v) is 5.78. The number of esters is 1. The van der Waals surface area contributed by atoms with Gasteiger partial charge in [-0.3, -0.25) is 0 Å². The van der Waals surface area contributed by atoms with E-state index in [1.54, 1.807) is 36.4 Å². The fourth-order valence-electron chi connectivity index (χ4n) is 1.52. The number of carbonyl (C=O) groups is 1. The van der Waals surface area contributed by atoms with E-state index in [1.807, 2.05) is 6.07 Å². The topological polar surface area (TPSA) is 78.7 Å². The number of benzene rings is 2. The maximum Gasteiger partial charge on any atom is 0.343 e. The van der Waals surface area contributed by atoms with Gasteiger partial charge in [0.2, 0.25) is 0 Å². The molecule has 0 radical (unpaired) electrons. The average Bonchev–Trinajstić information content (AvgIpc) is 2.46. The summed E-state index contributed by atoms with van der Waals surface area (Å²) in [4.78, 5) is 26.1. The van der Waals surface area contributed by atoms with Gasteiger partial charge in [0, 0.05) is 0 Å². The molecule has 2 aromatic carbocycles. The van der Waals surface area contributed by atoms with Crippen molar-refractivity contribution in [3.05, 3.63) is 75.8 Å². The fourth-order valence-corrected chi connectivity index (χ4v) is 1.52. The fraction of sp³-hybridized carbons (Fsp3) is 0.0714. The van der Waals surface area contributed by atoms with Crippen LogP contribution in [0.5, 0.6) is 5.75 Å². The second kappa shape index (κ2) is 6.33. The molecule has 0 heterocycles. The molecule has 0 aliphatic heterocycles. The standard InChI is InChI=1S/C14H11NO5/c16-14(20-13-4-2-1-3-5-13)12-8-6-11(7-9-12)10-19-15(17)18/h1-9H,10H2. The van der Waals surface area contributed by atoms with E-state index in [9.17, 15) is 14.9 Å². The normalized spacial score (nSPS) is 9.80. The van der Waals surface area contributed by atoms with Crippen molar-refractivity contribution in [2.45, 2.75) is 6.61 Å². The van der Waals surface area contributed by atoms with Crippen molar-refractivity contribution in [2.24, 2.45) is 0 Å². The third kappa shape index (κ3) is 3.81. The second-order valence-electron chi connectivity index (χ2n) is 3.90. The van der Waals surface area contributed by atoms with Crippen LogP contribution in [-0.4, -0.2) is 11.1 Å². The molecule has 20 heavy (non-hydrogen) atoms. The number of hydrogen-bond acceptors (Lipinski definition) is 5. The van der Waals surface area contributed by atoms with Gasteiger partial charge in [0.25, 0.3) is 5.09 Å². The lowest BCUT2D eigenvalue weighted by Gasteiger charge is -2.05. The highest BCUT2D eigenvalue weighted by Gasteiger charge is 2.08. The summed E-state index contributed by atoms with van der Waals surface area (Å²) in [5.41, 5.74) is 0.955. The minimum Gasteiger partial charge on any atom is -0.423 e. The smallest absolute Gasteiger partial charge is 0.343 e. The minimum absolute atomic E-state index is 0.152. The molecule has 0 saturated heterocycles. The average molecular weight is 273 g/mol. The first-order chi connectivity index (χ1) is 9.65. The van der Waals surface area contributed by atoms with Crippen molar-refractivity contribution in [3.63, 3.8) is 0 Å². The van der Waals surface area contributed by atoms with Crippen LogP contribution in [0, 0.1) is 10.1 Å². The third-order valence-corrected chi connectivity index (χ3v) is 2.48. The van der Waals surface area contributed by atoms with E-state index in [-0.39, 0.29) is 6.61 Å². The highest BCUT2D eigenvalue weighted by atomic mass is 16.9. The minimum atomic E-state index is -0.864. The summed E-state index contributed by atoms with van der Waals surface area (Å²) in [5, 5.41) is 9.20. The largest absolute Gasteiger partial charge is 0.423 e. The van der Waals surface area contributed by atoms with Gasteiger partial charge in [-0.1, -0.05) is 30.3 Å². The van der Waals surface area contributed by atoms with Crippen LogP contribution >= 0.6 is 0 Å². The third-order valence-electron chi connectivity index (χ3n) is 2.48. The van der Waals surface area contributed by atoms with E-state index in [0.717, 1.165) is 0 Å². The Morgan fingerprint density at radius 3 is 2.30 bits per heavy atom. The number of para-hydroxylation sites is 1. The lowest BCUT2D eigenvalue weighted by Crippen LogP contribution is -2.08. The maximum atomic E-state index is 11.8. The van der Waals surface area contributed by atoms with Crippen molar-refractivity contribution in [1.29, 1.82) is 0 Å². The molecule has 6 heteroatoms. The predicted octanol–water partition coefficient (Wildman–Crippen LogP) is 2.61. The molecule has 0 unspecified atom stereocenters. The number of hydrogen-bond donors (Lipinski definition) is 0. The van der Waals surface area contributed by atoms with E-state index in [2.05, 4.69) is 4.84 Å². The Kier molecular flexibility index (Phi) is 4.28. The van der Waals surface area contributed by atoms with Gasteiger partial charge in [-0.05, 0) is 29.8 Å². The van der Waals surface area contributed by atoms with Crippen molar-refractivity contribution in [3.8, 4) is 5.75 Å². The number of nitrogens with zero attached hydrogens (tertiary/aromatic N) is 1. The molecule has 0 atom stereocenters. The molecule has 0 aliphatic carbocycles. The molecular formula is C14H11NO5. The quantitative estimate of drug-likeness (QED) is 0.362. The van der Waals surface area contributed by atoms with Crippen LogP contribution in [0.4, 0.5) is 0 Å². The second-order valence-corrected chi connectivity index (χ2v) is 3.90. The summed E-state index contributed by atoms with van der Waals surface area (Å²) < 4.78 is 5.16. The van der Waals surface area contributed by atoms with E-state index >= 15 is 0 Å². The first-order valence-electron chi connectivity index (χ1n) is 5.78. The van der Waals surface area contributed by atoms with Crippen molar-refractivity contribution >= 4 is 5.97 Å². The zero-order valence-electron chi connectivity index (χ0n) is 10.4. The van der Waals surface area contributed by atoms with Gasteiger partial charge in [0.05, 0.1) is 5.56 Å². The summed E-state index contributed by atoms with van der Waals surface area (Å²) in [6.45, 7) is -0.152. The van der Waals surface area contributed by atoms with E-state index < -0.39 is 11.1 Å². The highest BCUT2D eigenvalue weighted by Crippen LogP contribution is 2.12. The van der Waals surface area contributed by atoms with Crippen LogP contribution in [0.1, 0.15) is 15.9 Å². The SMILES string of the molecule is O=C(Oc1ccccc1)c1ccc(CO[N+](=O)[O-])cc1. The lowest BCUT2D eigenvalue weighted by molar-refractivity contribution is -0.763. The molecule has 0 fully saturated rings. The summed E-state index contributed by atoms with van der Waals surface area (Å²) in [5.74, 6) is -0.0313. The van der Waals surface area contributed by atoms with Crippen LogP contribution in [0.2, 0.25) is 0 Å². The van der Waals surface area contributed by atoms with Crippen LogP contribution in [0.25, 0.3) is 0 Å². The van der Waals surface area contributed by atoms with Gasteiger partial charge in [0.1, 0.15) is 12.4 Å². The summed E-state index contributed by atoms with van der Waals surface area (Å²) in [7, 11) is 0. The van der Waals surface area contributed by atoms with Crippen molar-refractivity contribution in [2.75, 3.05) is 0 Å². The monoisotopic (exact) mass is 273 g/mol. The Morgan fingerprint density at radius 2 is 1.70 bits per heavy atom. The zero-order valence-corrected chi connectivity index (χ0v) is 10.4. The van der Waals surface area contributed by atoms with Gasteiger partial charge < -0.3 is 9.57 Å². The zero-order chi connectivity index (χ0) is 14.4. The van der Waals surface area contributed by atoms with Crippen molar-refractivity contribution < 1.29 is 19.5 Å². The highest BCUT2D eigenvalue weighted by molar-refractivity contribution is 5.91. The van der Waals surface area contributed by atoms with Crippen LogP contribution < -0.4 is 4.74 Å². The van der Waals surface area contributed by atoms with Crippen LogP contribution in [0.15, 0.2) is 54.6 Å². The Bertz CT molecular complexity index is 595. The summed E-state index contributed by atoms with van der Waals surface area (Å²) in [6, 6.07) is 14.9. The molecule has 0 aromatic heterocycles. The Labute approximate surface area is 114 Å². The van der Waals surface area contributed by atoms with Gasteiger partial charge in [-0.15, -0.1) is 10.1 Å². The summed E-state index contributed by atoms with van der Waals surface area (Å²) >= 11 is 0. The molecule has 2 aromatic rings. The number of ether oxygens (including phenoxy) is 1. The van der Waals surface area contributed by atoms with Crippen molar-refractivity contribution in [1.82, 2.24) is 0 Å². The predicted molar refractivity (Wildman–Crippen MR) is 69.6 cm³/mol. The van der Waals surface area contributed by atoms with E-state index in [0.29, 0.717) is 16.9 Å². The molecule has 0 spiro atoms. The van der Waals surface area contributed by atoms with Crippen LogP contribution in [0.3, 0.4) is 0 Å².